The maximum atomic E-state index is 12.0. The Kier molecular flexibility index (Phi) is 3.04. The largest absolute Gasteiger partial charge is 0.469 e. The minimum Gasteiger partial charge on any atom is -0.469 e. The number of aromatic nitrogens is 1. The number of carbonyl (C=O) groups is 2. The number of methoxy groups -OCH3 is 1. The summed E-state index contributed by atoms with van der Waals surface area (Å²) >= 11 is 0. The summed E-state index contributed by atoms with van der Waals surface area (Å²) in [6, 6.07) is 2.87. The van der Waals surface area contributed by atoms with E-state index in [0.29, 0.717) is 4.31 Å². The van der Waals surface area contributed by atoms with Crippen LogP contribution in [0, 0.1) is 0 Å². The van der Waals surface area contributed by atoms with E-state index in [-0.39, 0.29) is 23.6 Å². The molecule has 0 bridgehead atoms. The van der Waals surface area contributed by atoms with Gasteiger partial charge in [0.15, 0.2) is 5.03 Å². The van der Waals surface area contributed by atoms with E-state index in [2.05, 4.69) is 9.72 Å². The Morgan fingerprint density at radius 3 is 2.83 bits per heavy atom. The predicted octanol–water partition coefficient (Wildman–Crippen LogP) is -0.211. The second kappa shape index (κ2) is 4.37. The molecule has 2 heterocycles. The highest BCUT2D eigenvalue weighted by atomic mass is 32.2. The highest BCUT2D eigenvalue weighted by Gasteiger charge is 2.42. The average molecular weight is 270 g/mol. The Labute approximate surface area is 103 Å². The molecular formula is C10H10N2O5S. The van der Waals surface area contributed by atoms with Crippen molar-refractivity contribution in [3.05, 3.63) is 23.9 Å². The lowest BCUT2D eigenvalue weighted by Crippen LogP contribution is -2.32. The molecule has 0 aromatic carbocycles. The highest BCUT2D eigenvalue weighted by molar-refractivity contribution is 7.90. The molecule has 1 aromatic heterocycles. The van der Waals surface area contributed by atoms with Crippen molar-refractivity contribution in [3.8, 4) is 0 Å². The quantitative estimate of drug-likeness (QED) is 0.705. The highest BCUT2D eigenvalue weighted by Crippen LogP contribution is 2.27. The molecule has 8 heteroatoms. The van der Waals surface area contributed by atoms with Crippen molar-refractivity contribution in [1.29, 1.82) is 0 Å². The van der Waals surface area contributed by atoms with Crippen LogP contribution in [0.25, 0.3) is 0 Å². The number of hydrogen-bond donors (Lipinski definition) is 0. The molecule has 96 valence electrons. The van der Waals surface area contributed by atoms with Crippen LogP contribution in [-0.4, -0.2) is 43.2 Å². The molecule has 0 spiro atoms. The van der Waals surface area contributed by atoms with E-state index in [1.165, 1.54) is 25.4 Å². The van der Waals surface area contributed by atoms with Gasteiger partial charge in [-0.3, -0.25) is 9.59 Å². The van der Waals surface area contributed by atoms with E-state index in [1.807, 2.05) is 0 Å². The fourth-order valence-corrected chi connectivity index (χ4v) is 3.11. The minimum atomic E-state index is -3.93. The monoisotopic (exact) mass is 270 g/mol. The van der Waals surface area contributed by atoms with Crippen LogP contribution in [0.5, 0.6) is 0 Å². The van der Waals surface area contributed by atoms with E-state index >= 15 is 0 Å². The Bertz CT molecular complexity index is 610. The maximum Gasteiger partial charge on any atom is 0.307 e. The van der Waals surface area contributed by atoms with Crippen LogP contribution in [0.3, 0.4) is 0 Å². The number of pyridine rings is 1. The average Bonchev–Trinajstić information content (AvgIpc) is 2.56. The zero-order valence-corrected chi connectivity index (χ0v) is 10.3. The van der Waals surface area contributed by atoms with Crippen molar-refractivity contribution >= 4 is 21.9 Å². The van der Waals surface area contributed by atoms with Crippen molar-refractivity contribution < 1.29 is 22.7 Å². The van der Waals surface area contributed by atoms with Gasteiger partial charge in [0.25, 0.3) is 15.9 Å². The van der Waals surface area contributed by atoms with Gasteiger partial charge >= 0.3 is 5.97 Å². The van der Waals surface area contributed by atoms with Crippen LogP contribution in [0.1, 0.15) is 16.8 Å². The lowest BCUT2D eigenvalue weighted by atomic mass is 10.2. The van der Waals surface area contributed by atoms with Crippen molar-refractivity contribution in [1.82, 2.24) is 9.29 Å². The third-order valence-electron chi connectivity index (χ3n) is 2.51. The van der Waals surface area contributed by atoms with E-state index in [4.69, 9.17) is 0 Å². The van der Waals surface area contributed by atoms with E-state index < -0.39 is 21.9 Å². The van der Waals surface area contributed by atoms with Crippen LogP contribution in [0.15, 0.2) is 23.4 Å². The van der Waals surface area contributed by atoms with Gasteiger partial charge in [0.05, 0.1) is 19.1 Å². The number of esters is 1. The van der Waals surface area contributed by atoms with Crippen LogP contribution in [0.4, 0.5) is 0 Å². The SMILES string of the molecule is COC(=O)CCN1C(=O)c2cccnc2S1(=O)=O. The van der Waals surface area contributed by atoms with E-state index in [9.17, 15) is 18.0 Å². The molecule has 1 aliphatic heterocycles. The smallest absolute Gasteiger partial charge is 0.307 e. The summed E-state index contributed by atoms with van der Waals surface area (Å²) in [6.45, 7) is -0.246. The number of sulfonamides is 1. The lowest BCUT2D eigenvalue weighted by Gasteiger charge is -2.13. The van der Waals surface area contributed by atoms with Gasteiger partial charge in [0.2, 0.25) is 0 Å². The molecule has 0 fully saturated rings. The number of ether oxygens (including phenoxy) is 1. The first-order valence-corrected chi connectivity index (χ1v) is 6.51. The summed E-state index contributed by atoms with van der Waals surface area (Å²) in [4.78, 5) is 26.5. The van der Waals surface area contributed by atoms with Gasteiger partial charge in [-0.2, -0.15) is 8.42 Å². The van der Waals surface area contributed by atoms with Crippen molar-refractivity contribution in [3.63, 3.8) is 0 Å². The number of rotatable bonds is 3. The van der Waals surface area contributed by atoms with Crippen LogP contribution in [0.2, 0.25) is 0 Å². The zero-order chi connectivity index (χ0) is 13.3. The van der Waals surface area contributed by atoms with Gasteiger partial charge in [-0.1, -0.05) is 0 Å². The molecule has 0 saturated carbocycles. The molecule has 1 amide bonds. The predicted molar refractivity (Wildman–Crippen MR) is 59.1 cm³/mol. The summed E-state index contributed by atoms with van der Waals surface area (Å²) in [5, 5.41) is -0.264. The molecule has 2 rings (SSSR count). The fraction of sp³-hybridized carbons (Fsp3) is 0.300. The Balaban J connectivity index is 2.31. The Hall–Kier alpha value is -1.96. The van der Waals surface area contributed by atoms with Gasteiger partial charge in [0, 0.05) is 12.7 Å². The molecule has 0 saturated heterocycles. The molecular weight excluding hydrogens is 260 g/mol. The molecule has 18 heavy (non-hydrogen) atoms. The lowest BCUT2D eigenvalue weighted by molar-refractivity contribution is -0.140. The molecule has 0 N–H and O–H groups in total. The number of amides is 1. The first-order valence-electron chi connectivity index (χ1n) is 5.07. The van der Waals surface area contributed by atoms with Gasteiger partial charge in [-0.15, -0.1) is 0 Å². The molecule has 0 aliphatic carbocycles. The summed E-state index contributed by atoms with van der Waals surface area (Å²) < 4.78 is 29.0. The molecule has 0 unspecified atom stereocenters. The molecule has 7 nitrogen and oxygen atoms in total. The number of nitrogens with zero attached hydrogens (tertiary/aromatic N) is 2. The molecule has 1 aliphatic rings. The summed E-state index contributed by atoms with van der Waals surface area (Å²) in [5.41, 5.74) is 0.0300. The van der Waals surface area contributed by atoms with Crippen LogP contribution in [-0.2, 0) is 19.6 Å². The third-order valence-corrected chi connectivity index (χ3v) is 4.25. The van der Waals surface area contributed by atoms with Gasteiger partial charge < -0.3 is 4.74 Å². The second-order valence-corrected chi connectivity index (χ2v) is 5.34. The molecule has 0 radical (unpaired) electrons. The number of carbonyl (C=O) groups excluding carboxylic acids is 2. The third kappa shape index (κ3) is 1.84. The van der Waals surface area contributed by atoms with Crippen LogP contribution < -0.4 is 0 Å². The van der Waals surface area contributed by atoms with Crippen LogP contribution >= 0.6 is 0 Å². The van der Waals surface area contributed by atoms with E-state index in [0.717, 1.165) is 0 Å². The van der Waals surface area contributed by atoms with E-state index in [1.54, 1.807) is 0 Å². The van der Waals surface area contributed by atoms with Crippen molar-refractivity contribution in [2.75, 3.05) is 13.7 Å². The second-order valence-electron chi connectivity index (χ2n) is 3.56. The topological polar surface area (TPSA) is 93.6 Å². The number of fused-ring (bicyclic) bond motifs is 1. The first kappa shape index (κ1) is 12.5. The van der Waals surface area contributed by atoms with Crippen molar-refractivity contribution in [2.24, 2.45) is 0 Å². The Morgan fingerprint density at radius 1 is 1.50 bits per heavy atom. The standard InChI is InChI=1S/C10H10N2O5S/c1-17-8(13)4-6-12-10(14)7-3-2-5-11-9(7)18(12,15)16/h2-3,5H,4,6H2,1H3. The summed E-state index contributed by atoms with van der Waals surface area (Å²) in [5.74, 6) is -1.25. The van der Waals surface area contributed by atoms with Gasteiger partial charge in [0.1, 0.15) is 0 Å². The van der Waals surface area contributed by atoms with Gasteiger partial charge in [-0.25, -0.2) is 9.29 Å². The fourth-order valence-electron chi connectivity index (χ4n) is 1.62. The molecule has 0 atom stereocenters. The van der Waals surface area contributed by atoms with Crippen molar-refractivity contribution in [2.45, 2.75) is 11.4 Å². The first-order chi connectivity index (χ1) is 8.48. The normalized spacial score (nSPS) is 16.5. The number of hydrogen-bond acceptors (Lipinski definition) is 6. The summed E-state index contributed by atoms with van der Waals surface area (Å²) in [7, 11) is -2.74. The minimum absolute atomic E-state index is 0.0300. The Morgan fingerprint density at radius 2 is 2.22 bits per heavy atom. The maximum absolute atomic E-state index is 12.0. The summed E-state index contributed by atoms with van der Waals surface area (Å²) in [6.07, 6.45) is 1.11. The van der Waals surface area contributed by atoms with Gasteiger partial charge in [-0.05, 0) is 12.1 Å². The zero-order valence-electron chi connectivity index (χ0n) is 9.49. The molecule has 1 aromatic rings.